The molecule has 0 aromatic heterocycles. The van der Waals surface area contributed by atoms with Crippen LogP contribution in [0, 0.1) is 6.92 Å². The van der Waals surface area contributed by atoms with Gasteiger partial charge in [0, 0.05) is 0 Å². The second-order valence-electron chi connectivity index (χ2n) is 5.41. The molecule has 0 N–H and O–H groups in total. The number of carbonyl (C=O) groups is 1. The zero-order valence-corrected chi connectivity index (χ0v) is 16.1. The van der Waals surface area contributed by atoms with Crippen molar-refractivity contribution in [3.05, 3.63) is 51.0 Å². The fourth-order valence-corrected chi connectivity index (χ4v) is 3.12. The van der Waals surface area contributed by atoms with E-state index in [1.165, 1.54) is 14.2 Å². The first-order valence-electron chi connectivity index (χ1n) is 7.83. The molecule has 2 aromatic rings. The van der Waals surface area contributed by atoms with Crippen molar-refractivity contribution < 1.29 is 19.0 Å². The summed E-state index contributed by atoms with van der Waals surface area (Å²) in [6.07, 6.45) is 0.778. The molecule has 0 aliphatic carbocycles. The Morgan fingerprint density at radius 1 is 1.04 bits per heavy atom. The maximum Gasteiger partial charge on any atom is 0.204 e. The van der Waals surface area contributed by atoms with Crippen LogP contribution in [0.5, 0.6) is 17.2 Å². The quantitative estimate of drug-likeness (QED) is 0.606. The molecule has 2 rings (SSSR count). The Hall–Kier alpha value is -1.91. The van der Waals surface area contributed by atoms with Gasteiger partial charge in [-0.15, -0.1) is 0 Å². The van der Waals surface area contributed by atoms with Crippen LogP contribution in [0.2, 0.25) is 10.0 Å². The van der Waals surface area contributed by atoms with Crippen LogP contribution in [0.25, 0.3) is 0 Å². The van der Waals surface area contributed by atoms with Crippen molar-refractivity contribution in [3.8, 4) is 17.2 Å². The van der Waals surface area contributed by atoms with Gasteiger partial charge >= 0.3 is 0 Å². The summed E-state index contributed by atoms with van der Waals surface area (Å²) in [6.45, 7) is 4.21. The van der Waals surface area contributed by atoms with Gasteiger partial charge in [-0.3, -0.25) is 4.79 Å². The first kappa shape index (κ1) is 19.4. The van der Waals surface area contributed by atoms with Crippen LogP contribution in [0.4, 0.5) is 0 Å². The number of benzene rings is 2. The first-order valence-corrected chi connectivity index (χ1v) is 8.58. The second kappa shape index (κ2) is 8.45. The number of rotatable bonds is 7. The van der Waals surface area contributed by atoms with Gasteiger partial charge in [0.25, 0.3) is 0 Å². The molecule has 0 atom stereocenters. The molecule has 6 heteroatoms. The van der Waals surface area contributed by atoms with Crippen molar-refractivity contribution >= 4 is 29.0 Å². The number of halogens is 2. The number of ketones is 1. The van der Waals surface area contributed by atoms with Crippen LogP contribution >= 0.6 is 23.2 Å². The Morgan fingerprint density at radius 2 is 1.68 bits per heavy atom. The third kappa shape index (κ3) is 3.86. The Labute approximate surface area is 157 Å². The van der Waals surface area contributed by atoms with Crippen LogP contribution in [-0.2, 0) is 0 Å². The van der Waals surface area contributed by atoms with Gasteiger partial charge in [-0.05, 0) is 37.1 Å². The Kier molecular flexibility index (Phi) is 6.57. The zero-order valence-electron chi connectivity index (χ0n) is 14.6. The van der Waals surface area contributed by atoms with Crippen molar-refractivity contribution in [2.24, 2.45) is 0 Å². The van der Waals surface area contributed by atoms with Crippen LogP contribution in [0.15, 0.2) is 24.3 Å². The fourth-order valence-electron chi connectivity index (χ4n) is 2.55. The van der Waals surface area contributed by atoms with E-state index in [0.717, 1.165) is 6.42 Å². The number of hydrogen-bond donors (Lipinski definition) is 0. The molecule has 0 bridgehead atoms. The van der Waals surface area contributed by atoms with E-state index < -0.39 is 0 Å². The van der Waals surface area contributed by atoms with E-state index in [0.29, 0.717) is 35.0 Å². The highest BCUT2D eigenvalue weighted by Gasteiger charge is 2.27. The maximum absolute atomic E-state index is 13.2. The van der Waals surface area contributed by atoms with Gasteiger partial charge in [0.15, 0.2) is 17.3 Å². The predicted molar refractivity (Wildman–Crippen MR) is 100.0 cm³/mol. The summed E-state index contributed by atoms with van der Waals surface area (Å²) >= 11 is 12.4. The SMILES string of the molecule is CCCOc1c(OC)c(OC)cc(C)c1C(=O)c1c(Cl)cccc1Cl. The summed E-state index contributed by atoms with van der Waals surface area (Å²) in [5.74, 6) is 0.878. The summed E-state index contributed by atoms with van der Waals surface area (Å²) in [4.78, 5) is 13.2. The van der Waals surface area contributed by atoms with Gasteiger partial charge in [0.1, 0.15) is 0 Å². The second-order valence-corrected chi connectivity index (χ2v) is 6.22. The molecule has 0 saturated carbocycles. The van der Waals surface area contributed by atoms with E-state index in [1.807, 2.05) is 6.92 Å². The van der Waals surface area contributed by atoms with Gasteiger partial charge in [-0.2, -0.15) is 0 Å². The lowest BCUT2D eigenvalue weighted by Gasteiger charge is -2.19. The number of hydrogen-bond acceptors (Lipinski definition) is 4. The van der Waals surface area contributed by atoms with Crippen molar-refractivity contribution in [1.29, 1.82) is 0 Å². The molecule has 25 heavy (non-hydrogen) atoms. The third-order valence-electron chi connectivity index (χ3n) is 3.69. The highest BCUT2D eigenvalue weighted by molar-refractivity contribution is 6.41. The molecule has 0 spiro atoms. The van der Waals surface area contributed by atoms with E-state index in [1.54, 1.807) is 31.2 Å². The first-order chi connectivity index (χ1) is 12.0. The molecule has 0 unspecified atom stereocenters. The van der Waals surface area contributed by atoms with Crippen molar-refractivity contribution in [2.45, 2.75) is 20.3 Å². The van der Waals surface area contributed by atoms with Crippen molar-refractivity contribution in [2.75, 3.05) is 20.8 Å². The average Bonchev–Trinajstić information content (AvgIpc) is 2.58. The lowest BCUT2D eigenvalue weighted by Crippen LogP contribution is -2.11. The van der Waals surface area contributed by atoms with Crippen LogP contribution in [0.1, 0.15) is 34.8 Å². The summed E-state index contributed by atoms with van der Waals surface area (Å²) in [5, 5.41) is 0.571. The standard InChI is InChI=1S/C19H20Cl2O4/c1-5-9-25-19-15(11(2)10-14(23-3)18(19)24-4)17(22)16-12(20)7-6-8-13(16)21/h6-8,10H,5,9H2,1-4H3. The minimum Gasteiger partial charge on any atom is -0.493 e. The third-order valence-corrected chi connectivity index (χ3v) is 4.32. The van der Waals surface area contributed by atoms with Gasteiger partial charge in [-0.25, -0.2) is 0 Å². The summed E-state index contributed by atoms with van der Waals surface area (Å²) in [7, 11) is 3.04. The van der Waals surface area contributed by atoms with Crippen LogP contribution in [-0.4, -0.2) is 26.6 Å². The molecule has 0 radical (unpaired) electrons. The maximum atomic E-state index is 13.2. The monoisotopic (exact) mass is 382 g/mol. The Bertz CT molecular complexity index is 767. The lowest BCUT2D eigenvalue weighted by molar-refractivity contribution is 0.103. The normalized spacial score (nSPS) is 10.5. The van der Waals surface area contributed by atoms with Gasteiger partial charge in [0.05, 0.1) is 42.0 Å². The molecule has 0 aliphatic rings. The molecule has 134 valence electrons. The Balaban J connectivity index is 2.72. The van der Waals surface area contributed by atoms with Crippen LogP contribution in [0.3, 0.4) is 0 Å². The van der Waals surface area contributed by atoms with Gasteiger partial charge in [0.2, 0.25) is 5.75 Å². The van der Waals surface area contributed by atoms with E-state index in [2.05, 4.69) is 0 Å². The molecular formula is C19H20Cl2O4. The molecule has 0 fully saturated rings. The predicted octanol–water partition coefficient (Wildman–Crippen LogP) is 5.34. The minimum absolute atomic E-state index is 0.238. The number of aryl methyl sites for hydroxylation is 1. The van der Waals surface area contributed by atoms with Crippen LogP contribution < -0.4 is 14.2 Å². The summed E-state index contributed by atoms with van der Waals surface area (Å²) in [6, 6.07) is 6.68. The molecule has 2 aromatic carbocycles. The highest BCUT2D eigenvalue weighted by Crippen LogP contribution is 2.44. The average molecular weight is 383 g/mol. The van der Waals surface area contributed by atoms with E-state index >= 15 is 0 Å². The molecule has 0 aliphatic heterocycles. The van der Waals surface area contributed by atoms with Crippen molar-refractivity contribution in [3.63, 3.8) is 0 Å². The fraction of sp³-hybridized carbons (Fsp3) is 0.316. The van der Waals surface area contributed by atoms with E-state index in [4.69, 9.17) is 37.4 Å². The molecule has 4 nitrogen and oxygen atoms in total. The molecular weight excluding hydrogens is 363 g/mol. The minimum atomic E-state index is -0.319. The number of methoxy groups -OCH3 is 2. The molecule has 0 amide bonds. The number of ether oxygens (including phenoxy) is 3. The summed E-state index contributed by atoms with van der Waals surface area (Å²) < 4.78 is 16.6. The smallest absolute Gasteiger partial charge is 0.204 e. The molecule has 0 heterocycles. The summed E-state index contributed by atoms with van der Waals surface area (Å²) in [5.41, 5.74) is 1.29. The van der Waals surface area contributed by atoms with E-state index in [-0.39, 0.29) is 21.4 Å². The van der Waals surface area contributed by atoms with Gasteiger partial charge in [-0.1, -0.05) is 36.2 Å². The number of carbonyl (C=O) groups excluding carboxylic acids is 1. The lowest BCUT2D eigenvalue weighted by atomic mass is 9.97. The highest BCUT2D eigenvalue weighted by atomic mass is 35.5. The molecule has 0 saturated heterocycles. The van der Waals surface area contributed by atoms with E-state index in [9.17, 15) is 4.79 Å². The largest absolute Gasteiger partial charge is 0.493 e. The topological polar surface area (TPSA) is 44.8 Å². The van der Waals surface area contributed by atoms with Crippen molar-refractivity contribution in [1.82, 2.24) is 0 Å². The zero-order chi connectivity index (χ0) is 18.6. The Morgan fingerprint density at radius 3 is 2.20 bits per heavy atom. The van der Waals surface area contributed by atoms with Gasteiger partial charge < -0.3 is 14.2 Å².